The zero-order valence-corrected chi connectivity index (χ0v) is 12.4. The second-order valence-electron chi connectivity index (χ2n) is 6.74. The molecule has 2 nitrogen and oxygen atoms in total. The van der Waals surface area contributed by atoms with E-state index in [0.29, 0.717) is 6.54 Å². The molecule has 2 heteroatoms. The van der Waals surface area contributed by atoms with Crippen molar-refractivity contribution < 1.29 is 5.11 Å². The summed E-state index contributed by atoms with van der Waals surface area (Å²) in [7, 11) is 0. The Morgan fingerprint density at radius 1 is 0.950 bits per heavy atom. The molecule has 0 aliphatic heterocycles. The maximum absolute atomic E-state index is 11.5. The Labute approximate surface area is 122 Å². The highest BCUT2D eigenvalue weighted by Gasteiger charge is 2.51. The van der Waals surface area contributed by atoms with Gasteiger partial charge in [-0.05, 0) is 43.2 Å². The zero-order chi connectivity index (χ0) is 14.1. The van der Waals surface area contributed by atoms with Crippen molar-refractivity contribution in [2.75, 3.05) is 6.54 Å². The molecule has 1 aromatic carbocycles. The largest absolute Gasteiger partial charge is 0.389 e. The van der Waals surface area contributed by atoms with Crippen LogP contribution in [0.5, 0.6) is 0 Å². The molecule has 0 bridgehead atoms. The predicted octanol–water partition coefficient (Wildman–Crippen LogP) is 3.30. The summed E-state index contributed by atoms with van der Waals surface area (Å²) >= 11 is 0. The number of rotatable bonds is 2. The van der Waals surface area contributed by atoms with Crippen LogP contribution in [0.3, 0.4) is 0 Å². The molecule has 1 saturated carbocycles. The van der Waals surface area contributed by atoms with E-state index in [4.69, 9.17) is 5.73 Å². The van der Waals surface area contributed by atoms with Crippen molar-refractivity contribution in [3.8, 4) is 0 Å². The van der Waals surface area contributed by atoms with Crippen LogP contribution in [0.25, 0.3) is 0 Å². The van der Waals surface area contributed by atoms with Gasteiger partial charge in [0.05, 0.1) is 5.60 Å². The highest BCUT2D eigenvalue weighted by Crippen LogP contribution is 2.49. The minimum atomic E-state index is -0.602. The summed E-state index contributed by atoms with van der Waals surface area (Å²) in [5.74, 6) is 0. The van der Waals surface area contributed by atoms with E-state index in [9.17, 15) is 5.11 Å². The molecule has 0 radical (unpaired) electrons. The summed E-state index contributed by atoms with van der Waals surface area (Å²) in [6, 6.07) is 8.65. The van der Waals surface area contributed by atoms with E-state index in [-0.39, 0.29) is 5.41 Å². The normalized spacial score (nSPS) is 29.5. The van der Waals surface area contributed by atoms with Gasteiger partial charge in [0.25, 0.3) is 0 Å². The smallest absolute Gasteiger partial charge is 0.0756 e. The lowest BCUT2D eigenvalue weighted by atomic mass is 9.58. The van der Waals surface area contributed by atoms with Gasteiger partial charge in [-0.3, -0.25) is 0 Å². The standard InChI is InChI=1S/C18H27NO/c19-14-17(18(20)12-5-1-2-6-13-18)11-7-9-15-8-3-4-10-16(15)17/h3-4,8,10,20H,1-2,5-7,9,11-14,19H2. The molecule has 2 aliphatic carbocycles. The fraction of sp³-hybridized carbons (Fsp3) is 0.667. The van der Waals surface area contributed by atoms with E-state index < -0.39 is 5.60 Å². The predicted molar refractivity (Wildman–Crippen MR) is 82.8 cm³/mol. The summed E-state index contributed by atoms with van der Waals surface area (Å²) in [6.07, 6.45) is 9.94. The van der Waals surface area contributed by atoms with Gasteiger partial charge >= 0.3 is 0 Å². The molecule has 1 aromatic rings. The summed E-state index contributed by atoms with van der Waals surface area (Å²) in [6.45, 7) is 0.570. The third kappa shape index (κ3) is 2.10. The molecular formula is C18H27NO. The van der Waals surface area contributed by atoms with E-state index >= 15 is 0 Å². The Morgan fingerprint density at radius 3 is 2.35 bits per heavy atom. The Morgan fingerprint density at radius 2 is 1.65 bits per heavy atom. The maximum atomic E-state index is 11.5. The Kier molecular flexibility index (Phi) is 3.87. The lowest BCUT2D eigenvalue weighted by Gasteiger charge is -2.50. The maximum Gasteiger partial charge on any atom is 0.0756 e. The third-order valence-corrected chi connectivity index (χ3v) is 5.75. The molecule has 1 atom stereocenters. The van der Waals surface area contributed by atoms with Crippen LogP contribution in [0.2, 0.25) is 0 Å². The first kappa shape index (κ1) is 14.1. The number of hydrogen-bond donors (Lipinski definition) is 2. The van der Waals surface area contributed by atoms with Crippen molar-refractivity contribution in [1.29, 1.82) is 0 Å². The monoisotopic (exact) mass is 273 g/mol. The van der Waals surface area contributed by atoms with Gasteiger partial charge in [0.15, 0.2) is 0 Å². The first-order valence-corrected chi connectivity index (χ1v) is 8.23. The van der Waals surface area contributed by atoms with Gasteiger partial charge in [-0.1, -0.05) is 49.9 Å². The van der Waals surface area contributed by atoms with Crippen LogP contribution < -0.4 is 5.73 Å². The van der Waals surface area contributed by atoms with Gasteiger partial charge in [0, 0.05) is 12.0 Å². The van der Waals surface area contributed by atoms with E-state index in [1.807, 2.05) is 0 Å². The van der Waals surface area contributed by atoms with E-state index in [2.05, 4.69) is 24.3 Å². The summed E-state index contributed by atoms with van der Waals surface area (Å²) in [5, 5.41) is 11.5. The number of fused-ring (bicyclic) bond motifs is 1. The number of nitrogens with two attached hydrogens (primary N) is 1. The lowest BCUT2D eigenvalue weighted by molar-refractivity contribution is -0.0573. The molecule has 20 heavy (non-hydrogen) atoms. The van der Waals surface area contributed by atoms with Crippen LogP contribution >= 0.6 is 0 Å². The molecule has 0 heterocycles. The SMILES string of the molecule is NCC1(C2(O)CCCCCC2)CCCc2ccccc21. The summed E-state index contributed by atoms with van der Waals surface area (Å²) in [5.41, 5.74) is 8.18. The van der Waals surface area contributed by atoms with Gasteiger partial charge in [0.1, 0.15) is 0 Å². The quantitative estimate of drug-likeness (QED) is 0.812. The number of aryl methyl sites for hydroxylation is 1. The van der Waals surface area contributed by atoms with Crippen LogP contribution in [0, 0.1) is 0 Å². The molecule has 1 fully saturated rings. The van der Waals surface area contributed by atoms with E-state index in [1.54, 1.807) is 0 Å². The molecular weight excluding hydrogens is 246 g/mol. The lowest BCUT2D eigenvalue weighted by Crippen LogP contribution is -2.57. The molecule has 3 N–H and O–H groups in total. The third-order valence-electron chi connectivity index (χ3n) is 5.75. The van der Waals surface area contributed by atoms with E-state index in [0.717, 1.165) is 44.9 Å². The molecule has 0 saturated heterocycles. The van der Waals surface area contributed by atoms with Crippen LogP contribution in [0.1, 0.15) is 62.5 Å². The van der Waals surface area contributed by atoms with Crippen molar-refractivity contribution in [3.63, 3.8) is 0 Å². The second kappa shape index (κ2) is 5.50. The molecule has 0 amide bonds. The van der Waals surface area contributed by atoms with Crippen LogP contribution in [0.4, 0.5) is 0 Å². The average Bonchev–Trinajstić information content (AvgIpc) is 2.72. The van der Waals surface area contributed by atoms with Crippen molar-refractivity contribution in [2.24, 2.45) is 5.73 Å². The Bertz CT molecular complexity index is 462. The van der Waals surface area contributed by atoms with Crippen molar-refractivity contribution in [1.82, 2.24) is 0 Å². The van der Waals surface area contributed by atoms with Gasteiger partial charge in [0.2, 0.25) is 0 Å². The van der Waals surface area contributed by atoms with Crippen LogP contribution in [-0.4, -0.2) is 17.3 Å². The molecule has 0 spiro atoms. The highest BCUT2D eigenvalue weighted by molar-refractivity contribution is 5.40. The Balaban J connectivity index is 2.07. The summed E-state index contributed by atoms with van der Waals surface area (Å²) in [4.78, 5) is 0. The second-order valence-corrected chi connectivity index (χ2v) is 6.74. The van der Waals surface area contributed by atoms with Crippen LogP contribution in [-0.2, 0) is 11.8 Å². The molecule has 1 unspecified atom stereocenters. The zero-order valence-electron chi connectivity index (χ0n) is 12.4. The van der Waals surface area contributed by atoms with Crippen LogP contribution in [0.15, 0.2) is 24.3 Å². The number of benzene rings is 1. The summed E-state index contributed by atoms with van der Waals surface area (Å²) < 4.78 is 0. The first-order chi connectivity index (χ1) is 9.72. The van der Waals surface area contributed by atoms with Gasteiger partial charge in [-0.15, -0.1) is 0 Å². The highest BCUT2D eigenvalue weighted by atomic mass is 16.3. The number of aliphatic hydroxyl groups is 1. The van der Waals surface area contributed by atoms with E-state index in [1.165, 1.54) is 24.0 Å². The van der Waals surface area contributed by atoms with Crippen molar-refractivity contribution in [2.45, 2.75) is 68.8 Å². The van der Waals surface area contributed by atoms with Gasteiger partial charge in [-0.25, -0.2) is 0 Å². The average molecular weight is 273 g/mol. The van der Waals surface area contributed by atoms with Crippen molar-refractivity contribution >= 4 is 0 Å². The molecule has 110 valence electrons. The molecule has 0 aromatic heterocycles. The molecule has 2 aliphatic rings. The molecule has 3 rings (SSSR count). The fourth-order valence-electron chi connectivity index (χ4n) is 4.60. The topological polar surface area (TPSA) is 46.2 Å². The number of hydrogen-bond acceptors (Lipinski definition) is 2. The first-order valence-electron chi connectivity index (χ1n) is 8.23. The van der Waals surface area contributed by atoms with Gasteiger partial charge < -0.3 is 10.8 Å². The minimum absolute atomic E-state index is 0.216. The fourth-order valence-corrected chi connectivity index (χ4v) is 4.60. The van der Waals surface area contributed by atoms with Crippen molar-refractivity contribution in [3.05, 3.63) is 35.4 Å². The van der Waals surface area contributed by atoms with Gasteiger partial charge in [-0.2, -0.15) is 0 Å². The Hall–Kier alpha value is -0.860. The minimum Gasteiger partial charge on any atom is -0.389 e.